The summed E-state index contributed by atoms with van der Waals surface area (Å²) in [7, 11) is -2.30. The van der Waals surface area contributed by atoms with Gasteiger partial charge in [0.1, 0.15) is 12.7 Å². The molecule has 2 aliphatic heterocycles. The molecule has 0 saturated carbocycles. The van der Waals surface area contributed by atoms with Crippen LogP contribution in [0.1, 0.15) is 80.5 Å². The van der Waals surface area contributed by atoms with Gasteiger partial charge in [-0.2, -0.15) is 0 Å². The first-order chi connectivity index (χ1) is 27.2. The van der Waals surface area contributed by atoms with Gasteiger partial charge >= 0.3 is 17.9 Å². The van der Waals surface area contributed by atoms with Crippen molar-refractivity contribution in [1.82, 2.24) is 0 Å². The molecule has 11 nitrogen and oxygen atoms in total. The number of rotatable bonds is 17. The summed E-state index contributed by atoms with van der Waals surface area (Å²) < 4.78 is 64.4. The number of esters is 3. The zero-order valence-electron chi connectivity index (χ0n) is 33.5. The van der Waals surface area contributed by atoms with Crippen molar-refractivity contribution < 1.29 is 51.2 Å². The van der Waals surface area contributed by atoms with Crippen molar-refractivity contribution >= 4 is 27.7 Å². The third kappa shape index (κ3) is 12.1. The summed E-state index contributed by atoms with van der Waals surface area (Å²) in [5.41, 5.74) is 0.966. The molecular weight excluding hydrogens is 749 g/mol. The summed E-state index contributed by atoms with van der Waals surface area (Å²) in [5.74, 6) is -2.25. The Morgan fingerprint density at radius 3 is 2.04 bits per heavy atom. The summed E-state index contributed by atoms with van der Waals surface area (Å²) in [6, 6.07) is 25.2. The van der Waals surface area contributed by atoms with E-state index in [9.17, 15) is 22.8 Å². The molecule has 2 aliphatic rings. The minimum absolute atomic E-state index is 0.0519. The normalized spacial score (nSPS) is 24.4. The minimum atomic E-state index is -3.81. The molecule has 0 amide bonds. The number of carbonyl (C=O) groups is 3. The second-order valence-electron chi connectivity index (χ2n) is 16.0. The Labute approximate surface area is 336 Å². The summed E-state index contributed by atoms with van der Waals surface area (Å²) >= 11 is 0. The molecule has 8 atom stereocenters. The lowest BCUT2D eigenvalue weighted by atomic mass is 9.83. The fraction of sp³-hybridized carbons (Fsp3) is 0.489. The molecule has 3 aromatic carbocycles. The molecule has 0 radical (unpaired) electrons. The molecule has 5 rings (SSSR count). The fourth-order valence-electron chi connectivity index (χ4n) is 7.38. The maximum atomic E-state index is 13.9. The van der Waals surface area contributed by atoms with Crippen LogP contribution in [0.15, 0.2) is 108 Å². The number of methoxy groups -OCH3 is 1. The molecular formula is C45H56O11S. The van der Waals surface area contributed by atoms with Gasteiger partial charge in [0.15, 0.2) is 9.84 Å². The average molecular weight is 805 g/mol. The topological polar surface area (TPSA) is 141 Å². The molecule has 5 unspecified atom stereocenters. The van der Waals surface area contributed by atoms with Crippen LogP contribution in [0, 0.1) is 17.3 Å². The highest BCUT2D eigenvalue weighted by Crippen LogP contribution is 2.40. The highest BCUT2D eigenvalue weighted by atomic mass is 32.2. The van der Waals surface area contributed by atoms with E-state index in [-0.39, 0.29) is 48.3 Å². The van der Waals surface area contributed by atoms with Crippen LogP contribution >= 0.6 is 0 Å². The predicted molar refractivity (Wildman–Crippen MR) is 214 cm³/mol. The van der Waals surface area contributed by atoms with Crippen molar-refractivity contribution in [1.29, 1.82) is 0 Å². The van der Waals surface area contributed by atoms with Gasteiger partial charge in [-0.1, -0.05) is 68.1 Å². The Bertz CT molecular complexity index is 1890. The van der Waals surface area contributed by atoms with E-state index in [4.69, 9.17) is 28.4 Å². The maximum Gasteiger partial charge on any atom is 0.338 e. The summed E-state index contributed by atoms with van der Waals surface area (Å²) in [6.07, 6.45) is -1.28. The van der Waals surface area contributed by atoms with Crippen molar-refractivity contribution in [2.24, 2.45) is 17.3 Å². The van der Waals surface area contributed by atoms with Crippen molar-refractivity contribution in [2.45, 2.75) is 101 Å². The summed E-state index contributed by atoms with van der Waals surface area (Å²) in [6.45, 7) is 11.9. The van der Waals surface area contributed by atoms with Crippen molar-refractivity contribution in [3.05, 3.63) is 114 Å². The van der Waals surface area contributed by atoms with E-state index < -0.39 is 63.6 Å². The van der Waals surface area contributed by atoms with Crippen LogP contribution in [0.2, 0.25) is 0 Å². The van der Waals surface area contributed by atoms with Crippen LogP contribution in [-0.4, -0.2) is 89.0 Å². The standard InChI is InChI=1S/C45H56O11S/c1-30-25-34(21-16-24-52-44(48)45(3,4)5)54-38(31(30)2)27-39-37(29-57(49,50)36-22-14-9-15-23-36)41(51-6)40(56-39)26-35(55-43(47)33-19-12-8-13-20-33)28-53-42(46)32-17-10-7-11-18-32/h7-15,17-20,22-23,30,34-35,37-41H,2,16,21,24-29H2,1,3-6H3/t30?,34?,35?,37?,38?,39-,40+,41+/m0/s1. The zero-order valence-corrected chi connectivity index (χ0v) is 34.4. The lowest BCUT2D eigenvalue weighted by Gasteiger charge is -2.38. The second kappa shape index (κ2) is 19.9. The fourth-order valence-corrected chi connectivity index (χ4v) is 9.06. The van der Waals surface area contributed by atoms with Gasteiger partial charge in [0, 0.05) is 25.9 Å². The van der Waals surface area contributed by atoms with Crippen LogP contribution in [0.25, 0.3) is 0 Å². The van der Waals surface area contributed by atoms with Gasteiger partial charge in [0.25, 0.3) is 0 Å². The van der Waals surface area contributed by atoms with E-state index in [1.54, 1.807) is 91.0 Å². The van der Waals surface area contributed by atoms with E-state index >= 15 is 0 Å². The van der Waals surface area contributed by atoms with Crippen LogP contribution in [0.5, 0.6) is 0 Å². The molecule has 0 spiro atoms. The Kier molecular flexibility index (Phi) is 15.3. The van der Waals surface area contributed by atoms with Gasteiger partial charge in [0.2, 0.25) is 0 Å². The van der Waals surface area contributed by atoms with Crippen molar-refractivity contribution in [3.63, 3.8) is 0 Å². The molecule has 2 fully saturated rings. The van der Waals surface area contributed by atoms with E-state index in [0.717, 1.165) is 12.0 Å². The Morgan fingerprint density at radius 2 is 1.44 bits per heavy atom. The number of sulfone groups is 1. The van der Waals surface area contributed by atoms with Crippen LogP contribution in [0.4, 0.5) is 0 Å². The first kappa shape index (κ1) is 43.8. The Hall–Kier alpha value is -4.36. The molecule has 2 saturated heterocycles. The Morgan fingerprint density at radius 1 is 0.842 bits per heavy atom. The first-order valence-electron chi connectivity index (χ1n) is 19.6. The third-order valence-corrected chi connectivity index (χ3v) is 12.4. The summed E-state index contributed by atoms with van der Waals surface area (Å²) in [4.78, 5) is 38.8. The van der Waals surface area contributed by atoms with Crippen molar-refractivity contribution in [3.8, 4) is 0 Å². The van der Waals surface area contributed by atoms with Crippen LogP contribution in [0.3, 0.4) is 0 Å². The molecule has 0 bridgehead atoms. The highest BCUT2D eigenvalue weighted by molar-refractivity contribution is 7.91. The molecule has 3 aromatic rings. The lowest BCUT2D eigenvalue weighted by molar-refractivity contribution is -0.153. The van der Waals surface area contributed by atoms with Gasteiger partial charge in [-0.05, 0) is 87.9 Å². The summed E-state index contributed by atoms with van der Waals surface area (Å²) in [5, 5.41) is 0. The second-order valence-corrected chi connectivity index (χ2v) is 18.0. The quantitative estimate of drug-likeness (QED) is 0.0582. The molecule has 57 heavy (non-hydrogen) atoms. The number of hydrogen-bond acceptors (Lipinski definition) is 11. The highest BCUT2D eigenvalue weighted by Gasteiger charge is 2.49. The van der Waals surface area contributed by atoms with Gasteiger partial charge < -0.3 is 28.4 Å². The maximum absolute atomic E-state index is 13.9. The van der Waals surface area contributed by atoms with E-state index in [2.05, 4.69) is 13.5 Å². The monoisotopic (exact) mass is 804 g/mol. The predicted octanol–water partition coefficient (Wildman–Crippen LogP) is 7.44. The number of benzene rings is 3. The molecule has 0 N–H and O–H groups in total. The SMILES string of the molecule is C=C1C(C)CC(CCCOC(=O)C(C)(C)C)OC1C[C@@H]1O[C@H](CC(COC(=O)c2ccccc2)OC(=O)c2ccccc2)[C@H](OC)C1CS(=O)(=O)c1ccccc1. The number of ether oxygens (including phenoxy) is 6. The van der Waals surface area contributed by atoms with Gasteiger partial charge in [-0.25, -0.2) is 18.0 Å². The molecule has 0 aliphatic carbocycles. The van der Waals surface area contributed by atoms with Crippen molar-refractivity contribution in [2.75, 3.05) is 26.1 Å². The first-order valence-corrected chi connectivity index (χ1v) is 21.3. The largest absolute Gasteiger partial charge is 0.465 e. The minimum Gasteiger partial charge on any atom is -0.465 e. The lowest BCUT2D eigenvalue weighted by Crippen LogP contribution is -2.40. The van der Waals surface area contributed by atoms with Gasteiger partial charge in [-0.3, -0.25) is 4.79 Å². The van der Waals surface area contributed by atoms with E-state index in [1.165, 1.54) is 7.11 Å². The van der Waals surface area contributed by atoms with E-state index in [0.29, 0.717) is 30.4 Å². The molecule has 0 aromatic heterocycles. The average Bonchev–Trinajstić information content (AvgIpc) is 3.51. The van der Waals surface area contributed by atoms with Crippen LogP contribution < -0.4 is 0 Å². The van der Waals surface area contributed by atoms with Gasteiger partial charge in [0.05, 0.1) is 64.3 Å². The molecule has 308 valence electrons. The number of carbonyl (C=O) groups excluding carboxylic acids is 3. The molecule has 12 heteroatoms. The third-order valence-electron chi connectivity index (χ3n) is 10.6. The Balaban J connectivity index is 1.37. The van der Waals surface area contributed by atoms with Gasteiger partial charge in [-0.15, -0.1) is 0 Å². The number of hydrogen-bond donors (Lipinski definition) is 0. The molecule has 2 heterocycles. The smallest absolute Gasteiger partial charge is 0.338 e. The van der Waals surface area contributed by atoms with Crippen LogP contribution in [-0.2, 0) is 43.1 Å². The zero-order chi connectivity index (χ0) is 41.2. The van der Waals surface area contributed by atoms with E-state index in [1.807, 2.05) is 20.8 Å².